The Hall–Kier alpha value is -2.90. The molecule has 2 aromatic heterocycles. The number of aromatic nitrogens is 6. The highest BCUT2D eigenvalue weighted by molar-refractivity contribution is 5.41. The van der Waals surface area contributed by atoms with Crippen LogP contribution in [0.2, 0.25) is 0 Å². The Morgan fingerprint density at radius 2 is 1.08 bits per heavy atom. The van der Waals surface area contributed by atoms with Gasteiger partial charge in [-0.25, -0.2) is 21.4 Å². The molecule has 0 radical (unpaired) electrons. The zero-order chi connectivity index (χ0) is 18.8. The molecule has 0 amide bonds. The molecule has 0 fully saturated rings. The molecular weight excluding hydrogens is 332 g/mol. The van der Waals surface area contributed by atoms with Crippen LogP contribution >= 0.6 is 0 Å². The number of nitrogens with one attached hydrogen (secondary N) is 3. The van der Waals surface area contributed by atoms with Crippen LogP contribution in [0.3, 0.4) is 0 Å². The van der Waals surface area contributed by atoms with Gasteiger partial charge in [0.05, 0.1) is 0 Å². The van der Waals surface area contributed by atoms with Gasteiger partial charge < -0.3 is 4.90 Å². The van der Waals surface area contributed by atoms with Crippen LogP contribution in [0.15, 0.2) is 0 Å². The molecule has 25 heavy (non-hydrogen) atoms. The first kappa shape index (κ1) is 20.1. The van der Waals surface area contributed by atoms with Gasteiger partial charge in [0, 0.05) is 13.1 Å². The predicted molar refractivity (Wildman–Crippen MR) is 88.9 cm³/mol. The fraction of sp³-hybridized carbons (Fsp3) is 0.500. The summed E-state index contributed by atoms with van der Waals surface area (Å²) in [5, 5.41) is 25.7. The van der Waals surface area contributed by atoms with Crippen LogP contribution in [0.5, 0.6) is 0 Å². The van der Waals surface area contributed by atoms with Gasteiger partial charge in [0.25, 0.3) is 11.9 Å². The van der Waals surface area contributed by atoms with Crippen LogP contribution in [0.25, 0.3) is 0 Å². The Kier molecular flexibility index (Phi) is 8.11. The van der Waals surface area contributed by atoms with Crippen molar-refractivity contribution in [1.29, 1.82) is 0 Å². The van der Waals surface area contributed by atoms with E-state index in [0.29, 0.717) is 17.6 Å². The summed E-state index contributed by atoms with van der Waals surface area (Å²) in [5.41, 5.74) is 5.46. The van der Waals surface area contributed by atoms with Crippen molar-refractivity contribution in [2.24, 2.45) is 0 Å². The second-order valence-electron chi connectivity index (χ2n) is 4.54. The van der Waals surface area contributed by atoms with E-state index >= 15 is 0 Å². The normalized spacial score (nSPS) is 9.72. The van der Waals surface area contributed by atoms with E-state index in [9.17, 15) is 0 Å². The summed E-state index contributed by atoms with van der Waals surface area (Å²) in [7, 11) is 0. The monoisotopic (exact) mass is 354 g/mol. The van der Waals surface area contributed by atoms with Crippen molar-refractivity contribution >= 4 is 23.8 Å². The van der Waals surface area contributed by atoms with E-state index in [-0.39, 0.29) is 17.8 Å². The van der Waals surface area contributed by atoms with Crippen molar-refractivity contribution in [3.8, 4) is 0 Å². The SMILES string of the molecule is CCN(CC)c1nc(NO)nc(NO)n1.Cc1nc(C)nc(NO)n1. The standard InChI is InChI=1S/C7H14N6O2.C5H8N4O/c1-3-13(4-2)7-9-5(11-14)8-6(10-7)12-15;1-3-6-4(2)8-5(7-3)9-10/h14-15H,3-4H2,1-2H3,(H2,8,9,10,11,12);10H,1-2H3,(H,6,7,8,9). The second-order valence-corrected chi connectivity index (χ2v) is 4.54. The maximum absolute atomic E-state index is 8.68. The molecule has 6 N–H and O–H groups in total. The molecule has 0 aliphatic rings. The smallest absolute Gasteiger partial charge is 0.253 e. The van der Waals surface area contributed by atoms with Gasteiger partial charge >= 0.3 is 0 Å². The van der Waals surface area contributed by atoms with Gasteiger partial charge in [0.1, 0.15) is 11.6 Å². The predicted octanol–water partition coefficient (Wildman–Crippen LogP) is 0.610. The van der Waals surface area contributed by atoms with Crippen molar-refractivity contribution in [3.05, 3.63) is 11.6 Å². The van der Waals surface area contributed by atoms with Crippen LogP contribution in [-0.4, -0.2) is 58.6 Å². The van der Waals surface area contributed by atoms with Gasteiger partial charge in [-0.2, -0.15) is 24.9 Å². The summed E-state index contributed by atoms with van der Waals surface area (Å²) in [6, 6.07) is 0. The summed E-state index contributed by atoms with van der Waals surface area (Å²) in [6.45, 7) is 8.80. The molecule has 0 saturated carbocycles. The third-order valence-electron chi connectivity index (χ3n) is 2.83. The number of hydrogen-bond donors (Lipinski definition) is 6. The summed E-state index contributed by atoms with van der Waals surface area (Å²) in [6.07, 6.45) is 0. The molecule has 2 rings (SSSR count). The molecule has 0 atom stereocenters. The second kappa shape index (κ2) is 10.1. The summed E-state index contributed by atoms with van der Waals surface area (Å²) < 4.78 is 0. The molecule has 2 aromatic rings. The van der Waals surface area contributed by atoms with Gasteiger partial charge in [0.2, 0.25) is 11.9 Å². The Morgan fingerprint density at radius 1 is 0.680 bits per heavy atom. The lowest BCUT2D eigenvalue weighted by Crippen LogP contribution is -2.25. The average Bonchev–Trinajstić information content (AvgIpc) is 2.62. The van der Waals surface area contributed by atoms with E-state index in [4.69, 9.17) is 15.6 Å². The Labute approximate surface area is 144 Å². The lowest BCUT2D eigenvalue weighted by Gasteiger charge is -2.18. The van der Waals surface area contributed by atoms with Crippen LogP contribution in [0.4, 0.5) is 23.8 Å². The molecule has 0 unspecified atom stereocenters. The number of anilines is 4. The minimum absolute atomic E-state index is 0.0246. The zero-order valence-corrected chi connectivity index (χ0v) is 14.4. The molecule has 0 aliphatic heterocycles. The molecule has 0 saturated heterocycles. The number of nitrogens with zero attached hydrogens (tertiary/aromatic N) is 7. The molecule has 13 nitrogen and oxygen atoms in total. The lowest BCUT2D eigenvalue weighted by atomic mass is 10.5. The van der Waals surface area contributed by atoms with E-state index < -0.39 is 0 Å². The van der Waals surface area contributed by atoms with Crippen LogP contribution in [-0.2, 0) is 0 Å². The Balaban J connectivity index is 0.000000271. The molecule has 13 heteroatoms. The van der Waals surface area contributed by atoms with Gasteiger partial charge in [-0.3, -0.25) is 15.6 Å². The Morgan fingerprint density at radius 3 is 1.44 bits per heavy atom. The maximum Gasteiger partial charge on any atom is 0.253 e. The molecule has 0 aromatic carbocycles. The average molecular weight is 354 g/mol. The van der Waals surface area contributed by atoms with Crippen LogP contribution in [0, 0.1) is 13.8 Å². The number of rotatable bonds is 6. The fourth-order valence-corrected chi connectivity index (χ4v) is 1.78. The largest absolute Gasteiger partial charge is 0.341 e. The van der Waals surface area contributed by atoms with Crippen molar-refractivity contribution in [3.63, 3.8) is 0 Å². The van der Waals surface area contributed by atoms with Crippen molar-refractivity contribution in [2.45, 2.75) is 27.7 Å². The van der Waals surface area contributed by atoms with Crippen LogP contribution in [0.1, 0.15) is 25.5 Å². The summed E-state index contributed by atoms with van der Waals surface area (Å²) >= 11 is 0. The minimum Gasteiger partial charge on any atom is -0.341 e. The van der Waals surface area contributed by atoms with Gasteiger partial charge in [-0.05, 0) is 27.7 Å². The molecular formula is C12H22N10O3. The maximum atomic E-state index is 8.68. The van der Waals surface area contributed by atoms with Gasteiger partial charge in [-0.1, -0.05) is 0 Å². The van der Waals surface area contributed by atoms with E-state index in [1.165, 1.54) is 0 Å². The highest BCUT2D eigenvalue weighted by Gasteiger charge is 2.10. The highest BCUT2D eigenvalue weighted by Crippen LogP contribution is 2.12. The molecule has 0 spiro atoms. The summed E-state index contributed by atoms with van der Waals surface area (Å²) in [4.78, 5) is 24.8. The van der Waals surface area contributed by atoms with E-state index in [0.717, 1.165) is 13.1 Å². The first-order chi connectivity index (χ1) is 12.0. The fourth-order valence-electron chi connectivity index (χ4n) is 1.78. The first-order valence-corrected chi connectivity index (χ1v) is 7.37. The molecule has 0 bridgehead atoms. The van der Waals surface area contributed by atoms with E-state index in [2.05, 4.69) is 29.9 Å². The minimum atomic E-state index is -0.0246. The van der Waals surface area contributed by atoms with Gasteiger partial charge in [-0.15, -0.1) is 0 Å². The van der Waals surface area contributed by atoms with E-state index in [1.54, 1.807) is 24.8 Å². The zero-order valence-electron chi connectivity index (χ0n) is 14.4. The van der Waals surface area contributed by atoms with Crippen molar-refractivity contribution in [2.75, 3.05) is 34.4 Å². The molecule has 0 aliphatic carbocycles. The van der Waals surface area contributed by atoms with Crippen LogP contribution < -0.4 is 21.3 Å². The van der Waals surface area contributed by atoms with Gasteiger partial charge in [0.15, 0.2) is 0 Å². The quantitative estimate of drug-likeness (QED) is 0.398. The lowest BCUT2D eigenvalue weighted by molar-refractivity contribution is 0.374. The number of aryl methyl sites for hydroxylation is 2. The highest BCUT2D eigenvalue weighted by atomic mass is 16.5. The van der Waals surface area contributed by atoms with E-state index in [1.807, 2.05) is 24.2 Å². The molecule has 2 heterocycles. The number of hydrogen-bond acceptors (Lipinski definition) is 13. The third kappa shape index (κ3) is 6.25. The third-order valence-corrected chi connectivity index (χ3v) is 2.83. The van der Waals surface area contributed by atoms with Crippen molar-refractivity contribution in [1.82, 2.24) is 29.9 Å². The summed E-state index contributed by atoms with van der Waals surface area (Å²) in [5.74, 6) is 1.69. The first-order valence-electron chi connectivity index (χ1n) is 7.37. The topological polar surface area (TPSA) is 177 Å². The molecule has 138 valence electrons. The van der Waals surface area contributed by atoms with Crippen molar-refractivity contribution < 1.29 is 15.6 Å². The Bertz CT molecular complexity index is 625.